The molecule has 2 aromatic rings. The monoisotopic (exact) mass is 240 g/mol. The van der Waals surface area contributed by atoms with E-state index >= 15 is 0 Å². The van der Waals surface area contributed by atoms with Gasteiger partial charge in [-0.2, -0.15) is 0 Å². The van der Waals surface area contributed by atoms with Crippen LogP contribution in [0.1, 0.15) is 0 Å². The minimum absolute atomic E-state index is 0.416. The van der Waals surface area contributed by atoms with E-state index in [9.17, 15) is 8.78 Å². The molecule has 0 spiro atoms. The number of nitrogens with zero attached hydrogens (tertiary/aromatic N) is 2. The van der Waals surface area contributed by atoms with Gasteiger partial charge in [0.05, 0.1) is 24.1 Å². The fourth-order valence-electron chi connectivity index (χ4n) is 1.58. The number of aromatic nitrogens is 2. The first-order valence-corrected chi connectivity index (χ1v) is 5.27. The second-order valence-corrected chi connectivity index (χ2v) is 3.90. The zero-order valence-electron chi connectivity index (χ0n) is 9.45. The molecule has 3 N–H and O–H groups in total. The number of nitrogens with two attached hydrogens (primary N) is 1. The molecule has 0 aliphatic carbocycles. The van der Waals surface area contributed by atoms with Crippen molar-refractivity contribution in [1.82, 2.24) is 9.55 Å². The van der Waals surface area contributed by atoms with E-state index in [4.69, 9.17) is 5.73 Å². The predicted octanol–water partition coefficient (Wildman–Crippen LogP) is 1.58. The lowest BCUT2D eigenvalue weighted by Gasteiger charge is -2.14. The van der Waals surface area contributed by atoms with E-state index in [2.05, 4.69) is 10.3 Å². The number of benzene rings is 1. The van der Waals surface area contributed by atoms with E-state index in [-0.39, 0.29) is 0 Å². The van der Waals surface area contributed by atoms with E-state index in [0.29, 0.717) is 5.95 Å². The number of imidazole rings is 1. The maximum absolute atomic E-state index is 13.0. The molecule has 17 heavy (non-hydrogen) atoms. The Labute approximate surface area is 97.4 Å². The SMILES string of the molecule is Cn1c(NCC(F)(F)CN)nc2ccccc21. The normalized spacial score (nSPS) is 12.0. The molecule has 0 aliphatic rings. The standard InChI is InChI=1S/C11H14F2N4/c1-17-9-5-3-2-4-8(9)16-10(17)15-7-11(12,13)6-14/h2-5H,6-7,14H2,1H3,(H,15,16). The van der Waals surface area contributed by atoms with E-state index in [1.54, 1.807) is 11.6 Å². The average Bonchev–Trinajstić information content (AvgIpc) is 2.65. The van der Waals surface area contributed by atoms with Crippen molar-refractivity contribution < 1.29 is 8.78 Å². The van der Waals surface area contributed by atoms with Crippen molar-refractivity contribution in [2.24, 2.45) is 12.8 Å². The van der Waals surface area contributed by atoms with E-state index in [1.165, 1.54) is 0 Å². The van der Waals surface area contributed by atoms with Crippen LogP contribution in [-0.2, 0) is 7.05 Å². The molecule has 92 valence electrons. The van der Waals surface area contributed by atoms with Crippen LogP contribution in [0.5, 0.6) is 0 Å². The quantitative estimate of drug-likeness (QED) is 0.853. The van der Waals surface area contributed by atoms with Crippen LogP contribution in [0.2, 0.25) is 0 Å². The minimum Gasteiger partial charge on any atom is -0.350 e. The van der Waals surface area contributed by atoms with Gasteiger partial charge in [-0.05, 0) is 12.1 Å². The predicted molar refractivity (Wildman–Crippen MR) is 63.2 cm³/mol. The molecule has 2 rings (SSSR count). The molecule has 0 fully saturated rings. The largest absolute Gasteiger partial charge is 0.350 e. The summed E-state index contributed by atoms with van der Waals surface area (Å²) in [6, 6.07) is 7.45. The highest BCUT2D eigenvalue weighted by Crippen LogP contribution is 2.19. The van der Waals surface area contributed by atoms with Gasteiger partial charge in [-0.1, -0.05) is 12.1 Å². The van der Waals surface area contributed by atoms with Gasteiger partial charge in [0, 0.05) is 7.05 Å². The molecular weight excluding hydrogens is 226 g/mol. The number of fused-ring (bicyclic) bond motifs is 1. The number of aryl methyl sites for hydroxylation is 1. The molecule has 0 bridgehead atoms. The zero-order valence-corrected chi connectivity index (χ0v) is 9.45. The summed E-state index contributed by atoms with van der Waals surface area (Å²) in [6.07, 6.45) is 0. The summed E-state index contributed by atoms with van der Waals surface area (Å²) in [4.78, 5) is 4.23. The van der Waals surface area contributed by atoms with Crippen molar-refractivity contribution in [3.8, 4) is 0 Å². The third-order valence-corrected chi connectivity index (χ3v) is 2.59. The van der Waals surface area contributed by atoms with Crippen LogP contribution in [0.4, 0.5) is 14.7 Å². The van der Waals surface area contributed by atoms with Gasteiger partial charge in [0.25, 0.3) is 5.92 Å². The van der Waals surface area contributed by atoms with Gasteiger partial charge in [0.1, 0.15) is 0 Å². The summed E-state index contributed by atoms with van der Waals surface area (Å²) in [5, 5.41) is 2.62. The van der Waals surface area contributed by atoms with Gasteiger partial charge in [0.15, 0.2) is 0 Å². The van der Waals surface area contributed by atoms with Gasteiger partial charge in [-0.15, -0.1) is 0 Å². The molecule has 4 nitrogen and oxygen atoms in total. The molecular formula is C11H14F2N4. The van der Waals surface area contributed by atoms with Crippen molar-refractivity contribution in [2.45, 2.75) is 5.92 Å². The van der Waals surface area contributed by atoms with Gasteiger partial charge < -0.3 is 15.6 Å². The number of nitrogens with one attached hydrogen (secondary N) is 1. The van der Waals surface area contributed by atoms with Crippen molar-refractivity contribution in [3.63, 3.8) is 0 Å². The lowest BCUT2D eigenvalue weighted by molar-refractivity contribution is 0.0252. The molecule has 0 saturated carbocycles. The fourth-order valence-corrected chi connectivity index (χ4v) is 1.58. The molecule has 1 aromatic carbocycles. The Hall–Kier alpha value is -1.69. The van der Waals surface area contributed by atoms with Crippen molar-refractivity contribution in [2.75, 3.05) is 18.4 Å². The molecule has 0 amide bonds. The van der Waals surface area contributed by atoms with Gasteiger partial charge in [-0.25, -0.2) is 13.8 Å². The topological polar surface area (TPSA) is 55.9 Å². The summed E-state index contributed by atoms with van der Waals surface area (Å²) in [7, 11) is 1.78. The highest BCUT2D eigenvalue weighted by molar-refractivity contribution is 5.78. The Kier molecular flexibility index (Phi) is 2.97. The second-order valence-electron chi connectivity index (χ2n) is 3.90. The number of hydrogen-bond donors (Lipinski definition) is 2. The molecule has 0 atom stereocenters. The molecule has 0 saturated heterocycles. The lowest BCUT2D eigenvalue weighted by Crippen LogP contribution is -2.35. The first-order valence-electron chi connectivity index (χ1n) is 5.27. The number of rotatable bonds is 4. The Morgan fingerprint density at radius 3 is 2.76 bits per heavy atom. The first-order chi connectivity index (χ1) is 8.03. The van der Waals surface area contributed by atoms with Gasteiger partial charge in [0.2, 0.25) is 5.95 Å². The molecule has 6 heteroatoms. The Morgan fingerprint density at radius 2 is 2.12 bits per heavy atom. The highest BCUT2D eigenvalue weighted by atomic mass is 19.3. The first kappa shape index (κ1) is 11.8. The van der Waals surface area contributed by atoms with Crippen LogP contribution >= 0.6 is 0 Å². The summed E-state index contributed by atoms with van der Waals surface area (Å²) in [5.41, 5.74) is 6.63. The Bertz CT molecular complexity index is 521. The number of halogens is 2. The maximum Gasteiger partial charge on any atom is 0.277 e. The van der Waals surface area contributed by atoms with E-state index in [1.807, 2.05) is 24.3 Å². The van der Waals surface area contributed by atoms with E-state index < -0.39 is 19.0 Å². The van der Waals surface area contributed by atoms with Crippen molar-refractivity contribution in [3.05, 3.63) is 24.3 Å². The van der Waals surface area contributed by atoms with Crippen molar-refractivity contribution >= 4 is 17.0 Å². The molecule has 0 radical (unpaired) electrons. The lowest BCUT2D eigenvalue weighted by atomic mass is 10.3. The van der Waals surface area contributed by atoms with Gasteiger partial charge in [-0.3, -0.25) is 0 Å². The second kappa shape index (κ2) is 4.29. The number of hydrogen-bond acceptors (Lipinski definition) is 3. The molecule has 0 aliphatic heterocycles. The summed E-state index contributed by atoms with van der Waals surface area (Å²) in [6.45, 7) is -1.19. The molecule has 1 aromatic heterocycles. The average molecular weight is 240 g/mol. The number of alkyl halides is 2. The fraction of sp³-hybridized carbons (Fsp3) is 0.364. The Balaban J connectivity index is 2.22. The summed E-state index contributed by atoms with van der Waals surface area (Å²) in [5.74, 6) is -2.50. The van der Waals surface area contributed by atoms with Crippen LogP contribution in [0, 0.1) is 0 Å². The van der Waals surface area contributed by atoms with Crippen LogP contribution < -0.4 is 11.1 Å². The van der Waals surface area contributed by atoms with Crippen LogP contribution in [0.25, 0.3) is 11.0 Å². The van der Waals surface area contributed by atoms with Crippen LogP contribution in [0.15, 0.2) is 24.3 Å². The van der Waals surface area contributed by atoms with Crippen LogP contribution in [0.3, 0.4) is 0 Å². The maximum atomic E-state index is 13.0. The van der Waals surface area contributed by atoms with Crippen molar-refractivity contribution in [1.29, 1.82) is 0 Å². The molecule has 0 unspecified atom stereocenters. The van der Waals surface area contributed by atoms with Crippen LogP contribution in [-0.4, -0.2) is 28.6 Å². The highest BCUT2D eigenvalue weighted by Gasteiger charge is 2.26. The third kappa shape index (κ3) is 2.36. The minimum atomic E-state index is -2.92. The third-order valence-electron chi connectivity index (χ3n) is 2.59. The van der Waals surface area contributed by atoms with E-state index in [0.717, 1.165) is 11.0 Å². The summed E-state index contributed by atoms with van der Waals surface area (Å²) >= 11 is 0. The number of anilines is 1. The Morgan fingerprint density at radius 1 is 1.41 bits per heavy atom. The number of para-hydroxylation sites is 2. The van der Waals surface area contributed by atoms with Gasteiger partial charge >= 0.3 is 0 Å². The smallest absolute Gasteiger partial charge is 0.277 e. The molecule has 1 heterocycles. The zero-order chi connectivity index (χ0) is 12.5. The summed E-state index contributed by atoms with van der Waals surface area (Å²) < 4.78 is 27.7.